The van der Waals surface area contributed by atoms with Crippen LogP contribution in [0.3, 0.4) is 0 Å². The van der Waals surface area contributed by atoms with Gasteiger partial charge >= 0.3 is 0 Å². The normalized spacial score (nSPS) is 9.64. The molecule has 1 rings (SSSR count). The van der Waals surface area contributed by atoms with Crippen LogP contribution < -0.4 is 0 Å². The minimum absolute atomic E-state index is 0.813. The van der Waals surface area contributed by atoms with Crippen LogP contribution in [0.1, 0.15) is 22.8 Å². The Hall–Kier alpha value is -0.380. The lowest BCUT2D eigenvalue weighted by Crippen LogP contribution is -1.90. The van der Waals surface area contributed by atoms with Crippen molar-refractivity contribution in [2.45, 2.75) is 13.3 Å². The number of hydrogen-bond acceptors (Lipinski definition) is 1. The van der Waals surface area contributed by atoms with Crippen molar-refractivity contribution in [2.75, 3.05) is 0 Å². The highest BCUT2D eigenvalue weighted by atomic mass is 127. The van der Waals surface area contributed by atoms with E-state index in [1.807, 2.05) is 18.2 Å². The summed E-state index contributed by atoms with van der Waals surface area (Å²) in [5, 5.41) is 0. The highest BCUT2D eigenvalue weighted by Gasteiger charge is 1.98. The van der Waals surface area contributed by atoms with Gasteiger partial charge < -0.3 is 0 Å². The summed E-state index contributed by atoms with van der Waals surface area (Å²) < 4.78 is 1.19. The summed E-state index contributed by atoms with van der Waals surface area (Å²) >= 11 is 2.25. The van der Waals surface area contributed by atoms with Gasteiger partial charge in [-0.3, -0.25) is 4.79 Å². The van der Waals surface area contributed by atoms with Gasteiger partial charge in [0.15, 0.2) is 0 Å². The summed E-state index contributed by atoms with van der Waals surface area (Å²) in [5.41, 5.74) is 1.94. The molecule has 0 heterocycles. The maximum Gasteiger partial charge on any atom is 0.150 e. The van der Waals surface area contributed by atoms with Crippen molar-refractivity contribution in [3.8, 4) is 0 Å². The number of benzene rings is 1. The average Bonchev–Trinajstić information content (AvgIpc) is 2.04. The van der Waals surface area contributed by atoms with Crippen LogP contribution in [-0.4, -0.2) is 6.29 Å². The molecular formula is C9H9IO. The summed E-state index contributed by atoms with van der Waals surface area (Å²) in [7, 11) is 0. The van der Waals surface area contributed by atoms with E-state index in [1.54, 1.807) is 0 Å². The topological polar surface area (TPSA) is 17.1 Å². The van der Waals surface area contributed by atoms with E-state index in [0.29, 0.717) is 0 Å². The number of hydrogen-bond donors (Lipinski definition) is 0. The minimum Gasteiger partial charge on any atom is -0.298 e. The SMILES string of the molecule is CCc1cc(I)ccc1C=O. The van der Waals surface area contributed by atoms with Gasteiger partial charge in [0.1, 0.15) is 6.29 Å². The van der Waals surface area contributed by atoms with Gasteiger partial charge in [0.05, 0.1) is 0 Å². The molecule has 0 aliphatic rings. The molecule has 1 nitrogen and oxygen atoms in total. The number of carbonyl (C=O) groups is 1. The van der Waals surface area contributed by atoms with Gasteiger partial charge in [-0.15, -0.1) is 0 Å². The zero-order valence-electron chi connectivity index (χ0n) is 6.30. The lowest BCUT2D eigenvalue weighted by atomic mass is 10.1. The lowest BCUT2D eigenvalue weighted by molar-refractivity contribution is 0.112. The first-order valence-corrected chi connectivity index (χ1v) is 4.59. The molecule has 11 heavy (non-hydrogen) atoms. The number of carbonyl (C=O) groups excluding carboxylic acids is 1. The van der Waals surface area contributed by atoms with Crippen LogP contribution in [0.15, 0.2) is 18.2 Å². The van der Waals surface area contributed by atoms with Gasteiger partial charge in [0, 0.05) is 9.13 Å². The Morgan fingerprint density at radius 3 is 2.82 bits per heavy atom. The van der Waals surface area contributed by atoms with Crippen molar-refractivity contribution >= 4 is 28.9 Å². The second-order valence-corrected chi connectivity index (χ2v) is 3.56. The predicted molar refractivity (Wildman–Crippen MR) is 53.9 cm³/mol. The van der Waals surface area contributed by atoms with Gasteiger partial charge in [-0.1, -0.05) is 13.0 Å². The molecule has 0 saturated carbocycles. The van der Waals surface area contributed by atoms with Crippen LogP contribution in [0.4, 0.5) is 0 Å². The maximum atomic E-state index is 10.5. The van der Waals surface area contributed by atoms with Gasteiger partial charge in [-0.05, 0) is 46.7 Å². The van der Waals surface area contributed by atoms with Gasteiger partial charge in [0.25, 0.3) is 0 Å². The van der Waals surface area contributed by atoms with E-state index >= 15 is 0 Å². The summed E-state index contributed by atoms with van der Waals surface area (Å²) in [6.45, 7) is 2.05. The van der Waals surface area contributed by atoms with E-state index < -0.39 is 0 Å². The molecule has 58 valence electrons. The van der Waals surface area contributed by atoms with Crippen LogP contribution in [0.2, 0.25) is 0 Å². The third-order valence-electron chi connectivity index (χ3n) is 1.61. The van der Waals surface area contributed by atoms with Crippen molar-refractivity contribution < 1.29 is 4.79 Å². The first-order chi connectivity index (χ1) is 5.27. The average molecular weight is 260 g/mol. The molecule has 1 aromatic carbocycles. The highest BCUT2D eigenvalue weighted by molar-refractivity contribution is 14.1. The fraction of sp³-hybridized carbons (Fsp3) is 0.222. The first-order valence-electron chi connectivity index (χ1n) is 3.51. The lowest BCUT2D eigenvalue weighted by Gasteiger charge is -2.00. The van der Waals surface area contributed by atoms with Crippen molar-refractivity contribution in [2.24, 2.45) is 0 Å². The summed E-state index contributed by atoms with van der Waals surface area (Å²) in [6.07, 6.45) is 1.83. The molecule has 1 aromatic rings. The van der Waals surface area contributed by atoms with Crippen molar-refractivity contribution in [3.63, 3.8) is 0 Å². The summed E-state index contributed by atoms with van der Waals surface area (Å²) in [4.78, 5) is 10.5. The standard InChI is InChI=1S/C9H9IO/c1-2-7-5-9(10)4-3-8(7)6-11/h3-6H,2H2,1H3. The smallest absolute Gasteiger partial charge is 0.150 e. The number of aryl methyl sites for hydroxylation is 1. The van der Waals surface area contributed by atoms with E-state index in [4.69, 9.17) is 0 Å². The zero-order valence-corrected chi connectivity index (χ0v) is 8.46. The molecule has 0 N–H and O–H groups in total. The van der Waals surface area contributed by atoms with E-state index in [2.05, 4.69) is 29.5 Å². The van der Waals surface area contributed by atoms with Crippen molar-refractivity contribution in [1.82, 2.24) is 0 Å². The Morgan fingerprint density at radius 1 is 1.55 bits per heavy atom. The van der Waals surface area contributed by atoms with Gasteiger partial charge in [0.2, 0.25) is 0 Å². The summed E-state index contributed by atoms with van der Waals surface area (Å²) in [6, 6.07) is 5.86. The third-order valence-corrected chi connectivity index (χ3v) is 2.28. The quantitative estimate of drug-likeness (QED) is 0.590. The molecule has 0 fully saturated rings. The molecule has 0 bridgehead atoms. The number of halogens is 1. The monoisotopic (exact) mass is 260 g/mol. The Labute approximate surface area is 79.9 Å². The Morgan fingerprint density at radius 2 is 2.27 bits per heavy atom. The van der Waals surface area contributed by atoms with Crippen LogP contribution in [0, 0.1) is 3.57 Å². The van der Waals surface area contributed by atoms with E-state index in [1.165, 1.54) is 3.57 Å². The fourth-order valence-corrected chi connectivity index (χ4v) is 1.55. The maximum absolute atomic E-state index is 10.5. The molecule has 0 spiro atoms. The van der Waals surface area contributed by atoms with E-state index in [-0.39, 0.29) is 0 Å². The van der Waals surface area contributed by atoms with Crippen LogP contribution in [-0.2, 0) is 6.42 Å². The molecule has 2 heteroatoms. The zero-order chi connectivity index (χ0) is 8.27. The largest absolute Gasteiger partial charge is 0.298 e. The molecular weight excluding hydrogens is 251 g/mol. The second-order valence-electron chi connectivity index (χ2n) is 2.31. The minimum atomic E-state index is 0.813. The highest BCUT2D eigenvalue weighted by Crippen LogP contribution is 2.12. The van der Waals surface area contributed by atoms with Crippen molar-refractivity contribution in [1.29, 1.82) is 0 Å². The Kier molecular flexibility index (Phi) is 3.05. The molecule has 0 unspecified atom stereocenters. The van der Waals surface area contributed by atoms with Gasteiger partial charge in [-0.2, -0.15) is 0 Å². The van der Waals surface area contributed by atoms with Crippen LogP contribution >= 0.6 is 22.6 Å². The van der Waals surface area contributed by atoms with Crippen molar-refractivity contribution in [3.05, 3.63) is 32.9 Å². The molecule has 0 aliphatic carbocycles. The second kappa shape index (κ2) is 3.85. The molecule has 0 radical (unpaired) electrons. The molecule has 0 amide bonds. The third kappa shape index (κ3) is 2.02. The number of rotatable bonds is 2. The predicted octanol–water partition coefficient (Wildman–Crippen LogP) is 2.67. The fourth-order valence-electron chi connectivity index (χ4n) is 0.995. The van der Waals surface area contributed by atoms with E-state index in [9.17, 15) is 4.79 Å². The Bertz CT molecular complexity index is 268. The molecule has 0 saturated heterocycles. The number of aldehydes is 1. The van der Waals surface area contributed by atoms with E-state index in [0.717, 1.165) is 23.8 Å². The van der Waals surface area contributed by atoms with Gasteiger partial charge in [-0.25, -0.2) is 0 Å². The Balaban J connectivity index is 3.16. The first kappa shape index (κ1) is 8.71. The molecule has 0 aliphatic heterocycles. The van der Waals surface area contributed by atoms with Crippen LogP contribution in [0.5, 0.6) is 0 Å². The summed E-state index contributed by atoms with van der Waals surface area (Å²) in [5.74, 6) is 0. The molecule has 0 aromatic heterocycles. The van der Waals surface area contributed by atoms with Crippen LogP contribution in [0.25, 0.3) is 0 Å². The molecule has 0 atom stereocenters.